The number of rotatable bonds is 6. The molecule has 0 saturated carbocycles. The third-order valence-electron chi connectivity index (χ3n) is 5.35. The van der Waals surface area contributed by atoms with Gasteiger partial charge in [-0.3, -0.25) is 9.59 Å². The highest BCUT2D eigenvalue weighted by Gasteiger charge is 2.46. The van der Waals surface area contributed by atoms with Crippen molar-refractivity contribution in [3.8, 4) is 0 Å². The monoisotopic (exact) mass is 377 g/mol. The molecule has 28 heavy (non-hydrogen) atoms. The number of aliphatic hydroxyl groups excluding tert-OH is 1. The zero-order chi connectivity index (χ0) is 20.3. The fourth-order valence-electron chi connectivity index (χ4n) is 3.73. The van der Waals surface area contributed by atoms with Crippen molar-refractivity contribution in [2.75, 3.05) is 6.54 Å². The van der Waals surface area contributed by atoms with E-state index in [1.807, 2.05) is 50.2 Å². The highest BCUT2D eigenvalue weighted by atomic mass is 16.3. The number of unbranched alkanes of at least 4 members (excludes halogenated alkanes) is 2. The molecule has 1 N–H and O–H groups in total. The number of Topliss-reactive ketones (excluding diaryl/α,β-unsaturated/α-hetero) is 1. The van der Waals surface area contributed by atoms with E-state index in [1.54, 1.807) is 17.0 Å². The van der Waals surface area contributed by atoms with Gasteiger partial charge in [0, 0.05) is 12.1 Å². The van der Waals surface area contributed by atoms with Gasteiger partial charge in [0.1, 0.15) is 5.76 Å². The summed E-state index contributed by atoms with van der Waals surface area (Å²) < 4.78 is 0. The highest BCUT2D eigenvalue weighted by Crippen LogP contribution is 2.40. The molecule has 1 saturated heterocycles. The number of hydrogen-bond acceptors (Lipinski definition) is 3. The third-order valence-corrected chi connectivity index (χ3v) is 5.35. The first-order valence-electron chi connectivity index (χ1n) is 9.86. The zero-order valence-corrected chi connectivity index (χ0v) is 16.7. The van der Waals surface area contributed by atoms with E-state index in [0.29, 0.717) is 12.1 Å². The van der Waals surface area contributed by atoms with Crippen molar-refractivity contribution in [1.82, 2.24) is 4.90 Å². The molecule has 0 radical (unpaired) electrons. The van der Waals surface area contributed by atoms with Gasteiger partial charge < -0.3 is 10.0 Å². The largest absolute Gasteiger partial charge is 0.507 e. The molecule has 2 aromatic carbocycles. The lowest BCUT2D eigenvalue weighted by atomic mass is 9.92. The fraction of sp³-hybridized carbons (Fsp3) is 0.333. The Balaban J connectivity index is 2.14. The summed E-state index contributed by atoms with van der Waals surface area (Å²) in [6, 6.07) is 14.5. The molecule has 0 aromatic heterocycles. The summed E-state index contributed by atoms with van der Waals surface area (Å²) >= 11 is 0. The summed E-state index contributed by atoms with van der Waals surface area (Å²) in [4.78, 5) is 27.4. The van der Waals surface area contributed by atoms with Crippen LogP contribution in [0.15, 0.2) is 54.1 Å². The summed E-state index contributed by atoms with van der Waals surface area (Å²) in [5, 5.41) is 11.0. The summed E-state index contributed by atoms with van der Waals surface area (Å²) in [7, 11) is 0. The van der Waals surface area contributed by atoms with E-state index >= 15 is 0 Å². The van der Waals surface area contributed by atoms with Gasteiger partial charge in [0.05, 0.1) is 11.6 Å². The van der Waals surface area contributed by atoms with Gasteiger partial charge in [-0.1, -0.05) is 73.9 Å². The molecule has 1 aliphatic rings. The lowest BCUT2D eigenvalue weighted by Crippen LogP contribution is -2.31. The molecule has 1 atom stereocenters. The Hall–Kier alpha value is -2.88. The van der Waals surface area contributed by atoms with Gasteiger partial charge in [-0.15, -0.1) is 0 Å². The topological polar surface area (TPSA) is 57.6 Å². The predicted molar refractivity (Wildman–Crippen MR) is 111 cm³/mol. The van der Waals surface area contributed by atoms with E-state index in [-0.39, 0.29) is 11.3 Å². The average Bonchev–Trinajstić information content (AvgIpc) is 2.93. The smallest absolute Gasteiger partial charge is 0.295 e. The van der Waals surface area contributed by atoms with Crippen molar-refractivity contribution in [1.29, 1.82) is 0 Å². The van der Waals surface area contributed by atoms with Gasteiger partial charge in [-0.25, -0.2) is 0 Å². The van der Waals surface area contributed by atoms with E-state index in [4.69, 9.17) is 0 Å². The number of carbonyl (C=O) groups is 2. The van der Waals surface area contributed by atoms with Crippen molar-refractivity contribution >= 4 is 17.4 Å². The predicted octanol–water partition coefficient (Wildman–Crippen LogP) is 4.92. The number of amides is 1. The molecule has 1 unspecified atom stereocenters. The second-order valence-corrected chi connectivity index (χ2v) is 7.42. The molecular weight excluding hydrogens is 350 g/mol. The number of aryl methyl sites for hydroxylation is 2. The second-order valence-electron chi connectivity index (χ2n) is 7.42. The molecule has 4 heteroatoms. The lowest BCUT2D eigenvalue weighted by molar-refractivity contribution is -0.139. The molecule has 1 aliphatic heterocycles. The molecular formula is C24H27NO3. The molecule has 1 fully saturated rings. The Kier molecular flexibility index (Phi) is 5.98. The minimum absolute atomic E-state index is 0.107. The van der Waals surface area contributed by atoms with E-state index in [0.717, 1.165) is 36.0 Å². The van der Waals surface area contributed by atoms with E-state index in [9.17, 15) is 14.7 Å². The van der Waals surface area contributed by atoms with E-state index < -0.39 is 17.7 Å². The Morgan fingerprint density at radius 3 is 2.32 bits per heavy atom. The first-order valence-corrected chi connectivity index (χ1v) is 9.86. The minimum atomic E-state index is -0.608. The van der Waals surface area contributed by atoms with E-state index in [1.165, 1.54) is 0 Å². The van der Waals surface area contributed by atoms with Crippen molar-refractivity contribution < 1.29 is 14.7 Å². The van der Waals surface area contributed by atoms with Crippen LogP contribution in [-0.4, -0.2) is 28.2 Å². The summed E-state index contributed by atoms with van der Waals surface area (Å²) in [6.45, 7) is 6.53. The number of aliphatic hydroxyl groups is 1. The summed E-state index contributed by atoms with van der Waals surface area (Å²) in [6.07, 6.45) is 2.85. The van der Waals surface area contributed by atoms with Gasteiger partial charge in [0.25, 0.3) is 11.7 Å². The summed E-state index contributed by atoms with van der Waals surface area (Å²) in [5.41, 5.74) is 3.67. The maximum atomic E-state index is 12.9. The van der Waals surface area contributed by atoms with Crippen LogP contribution in [0.2, 0.25) is 0 Å². The van der Waals surface area contributed by atoms with Gasteiger partial charge >= 0.3 is 0 Å². The van der Waals surface area contributed by atoms with Gasteiger partial charge in [0.2, 0.25) is 0 Å². The first-order chi connectivity index (χ1) is 13.5. The average molecular weight is 377 g/mol. The highest BCUT2D eigenvalue weighted by molar-refractivity contribution is 6.46. The Morgan fingerprint density at radius 1 is 1.00 bits per heavy atom. The van der Waals surface area contributed by atoms with Crippen molar-refractivity contribution in [2.24, 2.45) is 0 Å². The van der Waals surface area contributed by atoms with Crippen LogP contribution in [0.1, 0.15) is 54.5 Å². The van der Waals surface area contributed by atoms with Crippen molar-refractivity contribution in [3.63, 3.8) is 0 Å². The summed E-state index contributed by atoms with van der Waals surface area (Å²) in [5.74, 6) is -1.24. The molecule has 3 rings (SSSR count). The van der Waals surface area contributed by atoms with Crippen LogP contribution < -0.4 is 0 Å². The lowest BCUT2D eigenvalue weighted by Gasteiger charge is -2.26. The second kappa shape index (κ2) is 8.42. The molecule has 0 spiro atoms. The minimum Gasteiger partial charge on any atom is -0.507 e. The normalized spacial score (nSPS) is 18.7. The van der Waals surface area contributed by atoms with E-state index in [2.05, 4.69) is 6.92 Å². The fourth-order valence-corrected chi connectivity index (χ4v) is 3.73. The Bertz CT molecular complexity index is 912. The number of hydrogen-bond donors (Lipinski definition) is 1. The standard InChI is InChI=1S/C24H27NO3/c1-4-5-8-15-25-21(19-10-7-6-9-17(19)3)20(23(27)24(25)28)22(26)18-13-11-16(2)12-14-18/h6-7,9-14,21,26H,4-5,8,15H2,1-3H3/b22-20-. The zero-order valence-electron chi connectivity index (χ0n) is 16.7. The molecule has 1 heterocycles. The molecule has 1 amide bonds. The van der Waals surface area contributed by atoms with Crippen LogP contribution >= 0.6 is 0 Å². The van der Waals surface area contributed by atoms with Crippen LogP contribution in [0.25, 0.3) is 5.76 Å². The SMILES string of the molecule is CCCCCN1C(=O)C(=O)/C(=C(\O)c2ccc(C)cc2)C1c1ccccc1C. The van der Waals surface area contributed by atoms with Gasteiger partial charge in [0.15, 0.2) is 0 Å². The van der Waals surface area contributed by atoms with Gasteiger partial charge in [-0.2, -0.15) is 0 Å². The van der Waals surface area contributed by atoms with Crippen LogP contribution in [0.3, 0.4) is 0 Å². The van der Waals surface area contributed by atoms with Crippen LogP contribution in [0, 0.1) is 13.8 Å². The number of carbonyl (C=O) groups excluding carboxylic acids is 2. The van der Waals surface area contributed by atoms with Crippen LogP contribution in [0.4, 0.5) is 0 Å². The molecule has 2 aromatic rings. The number of benzene rings is 2. The first kappa shape index (κ1) is 19.9. The molecule has 0 aliphatic carbocycles. The quantitative estimate of drug-likeness (QED) is 0.337. The molecule has 4 nitrogen and oxygen atoms in total. The Morgan fingerprint density at radius 2 is 1.68 bits per heavy atom. The van der Waals surface area contributed by atoms with Crippen molar-refractivity contribution in [3.05, 3.63) is 76.4 Å². The number of likely N-dealkylation sites (tertiary alicyclic amines) is 1. The van der Waals surface area contributed by atoms with Crippen LogP contribution in [0.5, 0.6) is 0 Å². The number of ketones is 1. The Labute approximate surface area is 166 Å². The molecule has 146 valence electrons. The van der Waals surface area contributed by atoms with Gasteiger partial charge in [-0.05, 0) is 31.4 Å². The molecule has 0 bridgehead atoms. The number of nitrogens with zero attached hydrogens (tertiary/aromatic N) is 1. The maximum absolute atomic E-state index is 12.9. The third kappa shape index (κ3) is 3.72. The van der Waals surface area contributed by atoms with Crippen LogP contribution in [-0.2, 0) is 9.59 Å². The van der Waals surface area contributed by atoms with Crippen molar-refractivity contribution in [2.45, 2.75) is 46.1 Å². The maximum Gasteiger partial charge on any atom is 0.295 e.